The van der Waals surface area contributed by atoms with E-state index in [4.69, 9.17) is 4.74 Å². The zero-order chi connectivity index (χ0) is 13.1. The molecule has 1 fully saturated rings. The Kier molecular flexibility index (Phi) is 4.19. The average Bonchev–Trinajstić information content (AvgIpc) is 2.48. The second-order valence-corrected chi connectivity index (χ2v) is 6.11. The standard InChI is InChI=1S/C17H25NO/c1-13(14-8-10-19-11-9-14)18-17-7-6-15-4-2-3-5-16(15)12-17/h2-5,13-14,17-18H,6-12H2,1H3. The van der Waals surface area contributed by atoms with E-state index in [1.54, 1.807) is 11.1 Å². The Hall–Kier alpha value is -0.860. The summed E-state index contributed by atoms with van der Waals surface area (Å²) < 4.78 is 5.46. The Morgan fingerprint density at radius 3 is 2.63 bits per heavy atom. The third kappa shape index (κ3) is 3.18. The molecule has 3 rings (SSSR count). The highest BCUT2D eigenvalue weighted by Gasteiger charge is 2.24. The molecule has 0 radical (unpaired) electrons. The molecule has 0 amide bonds. The van der Waals surface area contributed by atoms with Crippen molar-refractivity contribution in [2.75, 3.05) is 13.2 Å². The highest BCUT2D eigenvalue weighted by Crippen LogP contribution is 2.24. The third-order valence-corrected chi connectivity index (χ3v) is 4.82. The van der Waals surface area contributed by atoms with Crippen LogP contribution >= 0.6 is 0 Å². The summed E-state index contributed by atoms with van der Waals surface area (Å²) in [7, 11) is 0. The first-order valence-electron chi connectivity index (χ1n) is 7.73. The zero-order valence-electron chi connectivity index (χ0n) is 11.9. The van der Waals surface area contributed by atoms with Gasteiger partial charge in [0.1, 0.15) is 0 Å². The summed E-state index contributed by atoms with van der Waals surface area (Å²) in [5.41, 5.74) is 3.10. The van der Waals surface area contributed by atoms with Crippen LogP contribution in [0.4, 0.5) is 0 Å². The summed E-state index contributed by atoms with van der Waals surface area (Å²) in [5.74, 6) is 0.797. The van der Waals surface area contributed by atoms with E-state index in [1.165, 1.54) is 32.1 Å². The van der Waals surface area contributed by atoms with Crippen molar-refractivity contribution in [3.8, 4) is 0 Å². The van der Waals surface area contributed by atoms with Gasteiger partial charge < -0.3 is 10.1 Å². The van der Waals surface area contributed by atoms with Gasteiger partial charge >= 0.3 is 0 Å². The number of rotatable bonds is 3. The van der Waals surface area contributed by atoms with E-state index < -0.39 is 0 Å². The number of hydrogen-bond donors (Lipinski definition) is 1. The minimum absolute atomic E-state index is 0.624. The lowest BCUT2D eigenvalue weighted by Crippen LogP contribution is -2.45. The first-order chi connectivity index (χ1) is 9.33. The quantitative estimate of drug-likeness (QED) is 0.901. The molecule has 0 bridgehead atoms. The molecule has 2 unspecified atom stereocenters. The normalized spacial score (nSPS) is 25.8. The van der Waals surface area contributed by atoms with E-state index in [0.29, 0.717) is 12.1 Å². The van der Waals surface area contributed by atoms with Crippen LogP contribution in [0.25, 0.3) is 0 Å². The van der Waals surface area contributed by atoms with Crippen molar-refractivity contribution in [2.24, 2.45) is 5.92 Å². The smallest absolute Gasteiger partial charge is 0.0469 e. The molecule has 0 spiro atoms. The Morgan fingerprint density at radius 2 is 1.84 bits per heavy atom. The zero-order valence-corrected chi connectivity index (χ0v) is 11.9. The molecular formula is C17H25NO. The Bertz CT molecular complexity index is 411. The predicted octanol–water partition coefficient (Wildman–Crippen LogP) is 2.95. The fourth-order valence-electron chi connectivity index (χ4n) is 3.56. The molecule has 1 heterocycles. The highest BCUT2D eigenvalue weighted by atomic mass is 16.5. The van der Waals surface area contributed by atoms with Crippen LogP contribution in [0.5, 0.6) is 0 Å². The van der Waals surface area contributed by atoms with Crippen molar-refractivity contribution in [2.45, 2.75) is 51.1 Å². The van der Waals surface area contributed by atoms with E-state index in [1.807, 2.05) is 0 Å². The molecule has 2 heteroatoms. The summed E-state index contributed by atoms with van der Waals surface area (Å²) in [6.45, 7) is 4.25. The van der Waals surface area contributed by atoms with Crippen LogP contribution in [-0.2, 0) is 17.6 Å². The van der Waals surface area contributed by atoms with Gasteiger partial charge in [-0.3, -0.25) is 0 Å². The van der Waals surface area contributed by atoms with Crippen molar-refractivity contribution in [1.29, 1.82) is 0 Å². The van der Waals surface area contributed by atoms with Gasteiger partial charge in [0.25, 0.3) is 0 Å². The fourth-order valence-corrected chi connectivity index (χ4v) is 3.56. The van der Waals surface area contributed by atoms with Crippen LogP contribution in [0, 0.1) is 5.92 Å². The fraction of sp³-hybridized carbons (Fsp3) is 0.647. The second kappa shape index (κ2) is 6.06. The number of benzene rings is 1. The van der Waals surface area contributed by atoms with Gasteiger partial charge in [0, 0.05) is 25.3 Å². The number of nitrogens with one attached hydrogen (secondary N) is 1. The predicted molar refractivity (Wildman–Crippen MR) is 78.4 cm³/mol. The van der Waals surface area contributed by atoms with Gasteiger partial charge in [0.2, 0.25) is 0 Å². The van der Waals surface area contributed by atoms with E-state index >= 15 is 0 Å². The van der Waals surface area contributed by atoms with Gasteiger partial charge in [-0.1, -0.05) is 24.3 Å². The molecule has 1 saturated heterocycles. The molecule has 104 valence electrons. The van der Waals surface area contributed by atoms with Crippen LogP contribution in [-0.4, -0.2) is 25.3 Å². The van der Waals surface area contributed by atoms with Crippen molar-refractivity contribution >= 4 is 0 Å². The van der Waals surface area contributed by atoms with Crippen molar-refractivity contribution in [1.82, 2.24) is 5.32 Å². The molecule has 2 nitrogen and oxygen atoms in total. The molecule has 0 saturated carbocycles. The lowest BCUT2D eigenvalue weighted by Gasteiger charge is -2.33. The van der Waals surface area contributed by atoms with E-state index in [-0.39, 0.29) is 0 Å². The van der Waals surface area contributed by atoms with Gasteiger partial charge in [-0.25, -0.2) is 0 Å². The average molecular weight is 259 g/mol. The first kappa shape index (κ1) is 13.1. The summed E-state index contributed by atoms with van der Waals surface area (Å²) in [5, 5.41) is 3.87. The third-order valence-electron chi connectivity index (χ3n) is 4.82. The van der Waals surface area contributed by atoms with Crippen LogP contribution in [0.1, 0.15) is 37.3 Å². The molecule has 1 N–H and O–H groups in total. The molecule has 2 atom stereocenters. The second-order valence-electron chi connectivity index (χ2n) is 6.11. The first-order valence-corrected chi connectivity index (χ1v) is 7.73. The molecule has 2 aliphatic rings. The van der Waals surface area contributed by atoms with Gasteiger partial charge in [0.05, 0.1) is 0 Å². The lowest BCUT2D eigenvalue weighted by atomic mass is 9.86. The molecule has 1 aromatic rings. The van der Waals surface area contributed by atoms with Crippen LogP contribution < -0.4 is 5.32 Å². The Labute approximate surface area is 116 Å². The summed E-state index contributed by atoms with van der Waals surface area (Å²) in [4.78, 5) is 0. The molecule has 1 aliphatic heterocycles. The SMILES string of the molecule is CC(NC1CCc2ccccc2C1)C1CCOCC1. The van der Waals surface area contributed by atoms with Gasteiger partial charge in [-0.05, 0) is 56.1 Å². The van der Waals surface area contributed by atoms with E-state index in [0.717, 1.165) is 19.1 Å². The van der Waals surface area contributed by atoms with Gasteiger partial charge in [-0.15, -0.1) is 0 Å². The van der Waals surface area contributed by atoms with E-state index in [2.05, 4.69) is 36.5 Å². The minimum atomic E-state index is 0.624. The number of ether oxygens (including phenoxy) is 1. The van der Waals surface area contributed by atoms with Crippen LogP contribution in [0.2, 0.25) is 0 Å². The van der Waals surface area contributed by atoms with Crippen LogP contribution in [0.3, 0.4) is 0 Å². The maximum atomic E-state index is 5.46. The van der Waals surface area contributed by atoms with Crippen molar-refractivity contribution in [3.63, 3.8) is 0 Å². The lowest BCUT2D eigenvalue weighted by molar-refractivity contribution is 0.0541. The maximum Gasteiger partial charge on any atom is 0.0469 e. The minimum Gasteiger partial charge on any atom is -0.381 e. The molecule has 1 aromatic carbocycles. The molecule has 19 heavy (non-hydrogen) atoms. The molecule has 1 aliphatic carbocycles. The molecule has 0 aromatic heterocycles. The summed E-state index contributed by atoms with van der Waals surface area (Å²) in [6, 6.07) is 10.2. The number of fused-ring (bicyclic) bond motifs is 1. The number of hydrogen-bond acceptors (Lipinski definition) is 2. The van der Waals surface area contributed by atoms with E-state index in [9.17, 15) is 0 Å². The molecular weight excluding hydrogens is 234 g/mol. The Balaban J connectivity index is 1.56. The van der Waals surface area contributed by atoms with Crippen LogP contribution in [0.15, 0.2) is 24.3 Å². The summed E-state index contributed by atoms with van der Waals surface area (Å²) in [6.07, 6.45) is 6.15. The topological polar surface area (TPSA) is 21.3 Å². The highest BCUT2D eigenvalue weighted by molar-refractivity contribution is 5.30. The maximum absolute atomic E-state index is 5.46. The van der Waals surface area contributed by atoms with Crippen molar-refractivity contribution in [3.05, 3.63) is 35.4 Å². The largest absolute Gasteiger partial charge is 0.381 e. The monoisotopic (exact) mass is 259 g/mol. The van der Waals surface area contributed by atoms with Gasteiger partial charge in [0.15, 0.2) is 0 Å². The number of aryl methyl sites for hydroxylation is 1. The summed E-state index contributed by atoms with van der Waals surface area (Å²) >= 11 is 0. The van der Waals surface area contributed by atoms with Crippen molar-refractivity contribution < 1.29 is 4.74 Å². The van der Waals surface area contributed by atoms with Gasteiger partial charge in [-0.2, -0.15) is 0 Å². The Morgan fingerprint density at radius 1 is 1.11 bits per heavy atom.